The number of carbonyl (C=O) groups is 1. The van der Waals surface area contributed by atoms with E-state index in [9.17, 15) is 4.79 Å². The molecule has 0 atom stereocenters. The molecule has 2 heterocycles. The number of aryl methyl sites for hydroxylation is 2. The molecule has 1 amide bonds. The summed E-state index contributed by atoms with van der Waals surface area (Å²) in [7, 11) is 1.65. The largest absolute Gasteiger partial charge is 0.383 e. The maximum atomic E-state index is 12.2. The van der Waals surface area contributed by atoms with Crippen LogP contribution in [0.2, 0.25) is 0 Å². The zero-order chi connectivity index (χ0) is 16.4. The fourth-order valence-electron chi connectivity index (χ4n) is 2.27. The van der Waals surface area contributed by atoms with Crippen LogP contribution in [-0.4, -0.2) is 29.3 Å². The van der Waals surface area contributed by atoms with E-state index in [-0.39, 0.29) is 5.76 Å². The number of hydrogen-bond acceptors (Lipinski definition) is 5. The summed E-state index contributed by atoms with van der Waals surface area (Å²) in [5.41, 5.74) is 3.47. The molecule has 0 aliphatic carbocycles. The predicted molar refractivity (Wildman–Crippen MR) is 87.6 cm³/mol. The number of rotatable bonds is 4. The van der Waals surface area contributed by atoms with E-state index < -0.39 is 5.91 Å². The lowest BCUT2D eigenvalue weighted by atomic mass is 10.1. The normalized spacial score (nSPS) is 12.2. The van der Waals surface area contributed by atoms with E-state index in [2.05, 4.69) is 36.1 Å². The second-order valence-electron chi connectivity index (χ2n) is 5.23. The first-order valence-electron chi connectivity index (χ1n) is 7.19. The van der Waals surface area contributed by atoms with Gasteiger partial charge in [-0.15, -0.1) is 0 Å². The molecule has 0 saturated carbocycles. The molecule has 0 radical (unpaired) electrons. The Bertz CT molecular complexity index is 907. The van der Waals surface area contributed by atoms with Gasteiger partial charge < -0.3 is 13.8 Å². The maximum absolute atomic E-state index is 12.2. The third kappa shape index (κ3) is 3.11. The second kappa shape index (κ2) is 6.47. The van der Waals surface area contributed by atoms with Crippen molar-refractivity contribution in [1.29, 1.82) is 0 Å². The standard InChI is InChI=1S/C16H17N3O3S/c1-10-8-12-14(9-11(10)2)23-16(19(12)6-7-21-3)18-15(20)13-4-5-17-22-13/h4-5,8-9H,6-7H2,1-3H3. The number of ether oxygens (including phenoxy) is 1. The van der Waals surface area contributed by atoms with Gasteiger partial charge in [-0.1, -0.05) is 16.5 Å². The highest BCUT2D eigenvalue weighted by Crippen LogP contribution is 2.22. The molecule has 3 aromatic rings. The zero-order valence-electron chi connectivity index (χ0n) is 13.2. The van der Waals surface area contributed by atoms with E-state index >= 15 is 0 Å². The van der Waals surface area contributed by atoms with Gasteiger partial charge in [-0.3, -0.25) is 4.79 Å². The van der Waals surface area contributed by atoms with Crippen LogP contribution in [0.15, 0.2) is 33.9 Å². The molecule has 0 bridgehead atoms. The monoisotopic (exact) mass is 331 g/mol. The van der Waals surface area contributed by atoms with Crippen LogP contribution in [0, 0.1) is 13.8 Å². The van der Waals surface area contributed by atoms with Crippen molar-refractivity contribution in [2.24, 2.45) is 4.99 Å². The quantitative estimate of drug-likeness (QED) is 0.737. The molecule has 0 fully saturated rings. The molecule has 0 saturated heterocycles. The van der Waals surface area contributed by atoms with E-state index in [1.54, 1.807) is 7.11 Å². The lowest BCUT2D eigenvalue weighted by Gasteiger charge is -2.06. The van der Waals surface area contributed by atoms with Crippen LogP contribution in [0.1, 0.15) is 21.7 Å². The van der Waals surface area contributed by atoms with Gasteiger partial charge in [0.05, 0.1) is 23.0 Å². The molecular formula is C16H17N3O3S. The Morgan fingerprint density at radius 2 is 2.17 bits per heavy atom. The topological polar surface area (TPSA) is 69.6 Å². The highest BCUT2D eigenvalue weighted by molar-refractivity contribution is 7.16. The first kappa shape index (κ1) is 15.6. The second-order valence-corrected chi connectivity index (χ2v) is 6.24. The molecule has 0 unspecified atom stereocenters. The molecule has 23 heavy (non-hydrogen) atoms. The molecule has 3 rings (SSSR count). The van der Waals surface area contributed by atoms with E-state index in [0.717, 1.165) is 10.2 Å². The lowest BCUT2D eigenvalue weighted by Crippen LogP contribution is -2.19. The van der Waals surface area contributed by atoms with Gasteiger partial charge in [0.1, 0.15) is 0 Å². The van der Waals surface area contributed by atoms with E-state index in [1.165, 1.54) is 34.7 Å². The summed E-state index contributed by atoms with van der Waals surface area (Å²) in [5, 5.41) is 3.54. The van der Waals surface area contributed by atoms with Crippen LogP contribution in [0.4, 0.5) is 0 Å². The Balaban J connectivity index is 2.16. The first-order chi connectivity index (χ1) is 11.1. The Kier molecular flexibility index (Phi) is 4.40. The van der Waals surface area contributed by atoms with Crippen molar-refractivity contribution in [2.75, 3.05) is 13.7 Å². The number of hydrogen-bond donors (Lipinski definition) is 0. The van der Waals surface area contributed by atoms with Crippen LogP contribution in [0.25, 0.3) is 10.2 Å². The maximum Gasteiger partial charge on any atom is 0.318 e. The number of thiazole rings is 1. The molecule has 120 valence electrons. The van der Waals surface area contributed by atoms with Gasteiger partial charge in [0.15, 0.2) is 4.80 Å². The van der Waals surface area contributed by atoms with E-state index in [4.69, 9.17) is 9.26 Å². The Morgan fingerprint density at radius 1 is 1.39 bits per heavy atom. The number of benzene rings is 1. The van der Waals surface area contributed by atoms with Crippen molar-refractivity contribution < 1.29 is 14.1 Å². The summed E-state index contributed by atoms with van der Waals surface area (Å²) in [5.74, 6) is -0.304. The van der Waals surface area contributed by atoms with Crippen LogP contribution in [0.3, 0.4) is 0 Å². The van der Waals surface area contributed by atoms with Crippen molar-refractivity contribution in [1.82, 2.24) is 9.72 Å². The van der Waals surface area contributed by atoms with Crippen LogP contribution < -0.4 is 4.80 Å². The fourth-order valence-corrected chi connectivity index (χ4v) is 3.41. The van der Waals surface area contributed by atoms with Crippen molar-refractivity contribution in [3.8, 4) is 0 Å². The summed E-state index contributed by atoms with van der Waals surface area (Å²) in [6, 6.07) is 5.75. The number of aromatic nitrogens is 2. The summed E-state index contributed by atoms with van der Waals surface area (Å²) in [4.78, 5) is 17.0. The van der Waals surface area contributed by atoms with E-state index in [1.807, 2.05) is 4.57 Å². The highest BCUT2D eigenvalue weighted by Gasteiger charge is 2.12. The summed E-state index contributed by atoms with van der Waals surface area (Å²) >= 11 is 1.48. The zero-order valence-corrected chi connectivity index (χ0v) is 14.0. The van der Waals surface area contributed by atoms with Gasteiger partial charge in [-0.05, 0) is 37.1 Å². The number of fused-ring (bicyclic) bond motifs is 1. The number of carbonyl (C=O) groups excluding carboxylic acids is 1. The Morgan fingerprint density at radius 3 is 2.87 bits per heavy atom. The Hall–Kier alpha value is -2.25. The predicted octanol–water partition coefficient (Wildman–Crippen LogP) is 2.70. The third-order valence-electron chi connectivity index (χ3n) is 3.66. The molecule has 7 heteroatoms. The van der Waals surface area contributed by atoms with Gasteiger partial charge >= 0.3 is 5.91 Å². The fraction of sp³-hybridized carbons (Fsp3) is 0.312. The van der Waals surface area contributed by atoms with E-state index in [0.29, 0.717) is 18.0 Å². The minimum absolute atomic E-state index is 0.133. The lowest BCUT2D eigenvalue weighted by molar-refractivity contribution is 0.0962. The molecule has 6 nitrogen and oxygen atoms in total. The van der Waals surface area contributed by atoms with Crippen molar-refractivity contribution in [3.63, 3.8) is 0 Å². The smallest absolute Gasteiger partial charge is 0.318 e. The molecule has 2 aromatic heterocycles. The first-order valence-corrected chi connectivity index (χ1v) is 8.01. The average Bonchev–Trinajstić information content (AvgIpc) is 3.15. The summed E-state index contributed by atoms with van der Waals surface area (Å²) in [6.45, 7) is 5.32. The van der Waals surface area contributed by atoms with Gasteiger partial charge in [-0.25, -0.2) is 0 Å². The van der Waals surface area contributed by atoms with Crippen LogP contribution >= 0.6 is 11.3 Å². The van der Waals surface area contributed by atoms with Crippen LogP contribution in [0.5, 0.6) is 0 Å². The van der Waals surface area contributed by atoms with Gasteiger partial charge in [0.2, 0.25) is 5.76 Å². The minimum atomic E-state index is -0.436. The minimum Gasteiger partial charge on any atom is -0.383 e. The summed E-state index contributed by atoms with van der Waals surface area (Å²) in [6.07, 6.45) is 1.43. The molecule has 0 spiro atoms. The van der Waals surface area contributed by atoms with Crippen molar-refractivity contribution in [3.05, 3.63) is 46.1 Å². The Labute approximate surface area is 137 Å². The van der Waals surface area contributed by atoms with Crippen LogP contribution in [-0.2, 0) is 11.3 Å². The van der Waals surface area contributed by atoms with Crippen molar-refractivity contribution in [2.45, 2.75) is 20.4 Å². The number of nitrogens with zero attached hydrogens (tertiary/aromatic N) is 3. The molecule has 0 N–H and O–H groups in total. The van der Waals surface area contributed by atoms with Gasteiger partial charge in [-0.2, -0.15) is 4.99 Å². The summed E-state index contributed by atoms with van der Waals surface area (Å²) < 4.78 is 13.2. The van der Waals surface area contributed by atoms with Crippen molar-refractivity contribution >= 4 is 27.5 Å². The SMILES string of the molecule is COCCn1c(=NC(=O)c2ccno2)sc2cc(C)c(C)cc21. The van der Waals surface area contributed by atoms with Gasteiger partial charge in [0, 0.05) is 19.7 Å². The third-order valence-corrected chi connectivity index (χ3v) is 4.70. The van der Waals surface area contributed by atoms with Gasteiger partial charge in [0.25, 0.3) is 0 Å². The molecule has 0 aliphatic rings. The highest BCUT2D eigenvalue weighted by atomic mass is 32.1. The number of amides is 1. The molecule has 1 aromatic carbocycles. The average molecular weight is 331 g/mol. The molecular weight excluding hydrogens is 314 g/mol. The number of methoxy groups -OCH3 is 1. The molecule has 0 aliphatic heterocycles.